The van der Waals surface area contributed by atoms with E-state index in [-0.39, 0.29) is 29.6 Å². The number of halogens is 1. The van der Waals surface area contributed by atoms with Gasteiger partial charge in [0.15, 0.2) is 0 Å². The molecule has 3 aromatic carbocycles. The fraction of sp³-hybridized carbons (Fsp3) is 0.154. The lowest BCUT2D eigenvalue weighted by atomic mass is 9.90. The Hall–Kier alpha value is -4.37. The molecule has 2 aliphatic rings. The number of ether oxygens (including phenoxy) is 1. The highest BCUT2D eigenvalue weighted by atomic mass is 19.1. The molecule has 6 rings (SSSR count). The number of rotatable bonds is 5. The maximum absolute atomic E-state index is 15.0. The van der Waals surface area contributed by atoms with Crippen molar-refractivity contribution in [1.82, 2.24) is 10.1 Å². The summed E-state index contributed by atoms with van der Waals surface area (Å²) in [7, 11) is 1.50. The Kier molecular flexibility index (Phi) is 5.62. The molecule has 0 spiro atoms. The second-order valence-corrected chi connectivity index (χ2v) is 8.13. The molecule has 0 radical (unpaired) electrons. The standard InChI is InChI=1S/C26H20FN3O5/c1-14-22-19(15-6-4-3-5-7-15)10-17(13-34-2)23(14)30(12-21(31)32)26(33)18-9-8-16(11-20(18)27)24-28-25(22)35-29-24/h3-11H,12-13H2,1-2H3,(H,31,32). The molecule has 3 heterocycles. The molecule has 0 saturated heterocycles. The van der Waals surface area contributed by atoms with Crippen LogP contribution in [0, 0.1) is 12.7 Å². The molecule has 0 aliphatic carbocycles. The zero-order chi connectivity index (χ0) is 24.7. The first kappa shape index (κ1) is 22.4. The monoisotopic (exact) mass is 473 g/mol. The van der Waals surface area contributed by atoms with Crippen molar-refractivity contribution in [3.8, 4) is 34.0 Å². The molecule has 0 saturated carbocycles. The number of hydrogen-bond acceptors (Lipinski definition) is 6. The minimum atomic E-state index is -1.25. The Morgan fingerprint density at radius 3 is 2.57 bits per heavy atom. The summed E-state index contributed by atoms with van der Waals surface area (Å²) in [6.07, 6.45) is 0. The molecule has 0 atom stereocenters. The van der Waals surface area contributed by atoms with Crippen LogP contribution in [0.5, 0.6) is 0 Å². The number of nitrogens with zero attached hydrogens (tertiary/aromatic N) is 3. The molecule has 35 heavy (non-hydrogen) atoms. The highest BCUT2D eigenvalue weighted by molar-refractivity contribution is 6.10. The molecule has 1 N–H and O–H groups in total. The Balaban J connectivity index is 1.91. The second-order valence-electron chi connectivity index (χ2n) is 8.13. The van der Waals surface area contributed by atoms with Gasteiger partial charge in [-0.1, -0.05) is 41.6 Å². The van der Waals surface area contributed by atoms with Crippen LogP contribution in [0.2, 0.25) is 0 Å². The molecular formula is C26H20FN3O5. The number of anilines is 1. The van der Waals surface area contributed by atoms with Crippen LogP contribution in [0.25, 0.3) is 34.0 Å². The van der Waals surface area contributed by atoms with E-state index in [2.05, 4.69) is 10.1 Å². The van der Waals surface area contributed by atoms with E-state index in [1.54, 1.807) is 6.92 Å². The summed E-state index contributed by atoms with van der Waals surface area (Å²) < 4.78 is 26.1. The van der Waals surface area contributed by atoms with Gasteiger partial charge in [0.25, 0.3) is 11.8 Å². The van der Waals surface area contributed by atoms with Crippen molar-refractivity contribution in [2.24, 2.45) is 0 Å². The average molecular weight is 473 g/mol. The molecule has 2 aliphatic heterocycles. The second kappa shape index (κ2) is 8.77. The Morgan fingerprint density at radius 2 is 1.89 bits per heavy atom. The topological polar surface area (TPSA) is 106 Å². The summed E-state index contributed by atoms with van der Waals surface area (Å²) in [5.74, 6) is -2.52. The largest absolute Gasteiger partial charge is 0.480 e. The smallest absolute Gasteiger partial charge is 0.323 e. The van der Waals surface area contributed by atoms with Gasteiger partial charge < -0.3 is 14.4 Å². The molecule has 8 nitrogen and oxygen atoms in total. The van der Waals surface area contributed by atoms with Gasteiger partial charge in [-0.2, -0.15) is 4.98 Å². The van der Waals surface area contributed by atoms with Crippen LogP contribution >= 0.6 is 0 Å². The molecular weight excluding hydrogens is 453 g/mol. The lowest BCUT2D eigenvalue weighted by Crippen LogP contribution is -2.37. The number of fused-ring (bicyclic) bond motifs is 3. The lowest BCUT2D eigenvalue weighted by Gasteiger charge is -2.28. The SMILES string of the molecule is COCc1cc(-c2ccccc2)c2c(C)c1N(CC(=O)O)C(=O)c1ccc(cc1F)-c1noc-2n1. The fourth-order valence-corrected chi connectivity index (χ4v) is 4.44. The number of aliphatic carboxylic acids is 1. The minimum Gasteiger partial charge on any atom is -0.480 e. The number of carboxylic acids is 1. The van der Waals surface area contributed by atoms with Gasteiger partial charge in [0.1, 0.15) is 12.4 Å². The van der Waals surface area contributed by atoms with E-state index in [0.717, 1.165) is 22.1 Å². The predicted molar refractivity (Wildman–Crippen MR) is 125 cm³/mol. The lowest BCUT2D eigenvalue weighted by molar-refractivity contribution is -0.135. The number of carboxylic acid groups (broad SMARTS) is 1. The van der Waals surface area contributed by atoms with Crippen molar-refractivity contribution >= 4 is 17.6 Å². The zero-order valence-corrected chi connectivity index (χ0v) is 18.9. The summed E-state index contributed by atoms with van der Waals surface area (Å²) >= 11 is 0. The van der Waals surface area contributed by atoms with E-state index < -0.39 is 24.2 Å². The van der Waals surface area contributed by atoms with Crippen LogP contribution < -0.4 is 4.90 Å². The molecule has 176 valence electrons. The van der Waals surface area contributed by atoms with Crippen LogP contribution in [-0.2, 0) is 16.1 Å². The van der Waals surface area contributed by atoms with Crippen molar-refractivity contribution in [3.63, 3.8) is 0 Å². The third kappa shape index (κ3) is 3.85. The zero-order valence-electron chi connectivity index (χ0n) is 18.9. The number of hydrogen-bond donors (Lipinski definition) is 1. The van der Waals surface area contributed by atoms with Crippen LogP contribution in [0.4, 0.5) is 10.1 Å². The summed E-state index contributed by atoms with van der Waals surface area (Å²) in [4.78, 5) is 31.0. The highest BCUT2D eigenvalue weighted by Crippen LogP contribution is 2.43. The van der Waals surface area contributed by atoms with Gasteiger partial charge in [-0.15, -0.1) is 0 Å². The van der Waals surface area contributed by atoms with Gasteiger partial charge in [-0.25, -0.2) is 4.39 Å². The minimum absolute atomic E-state index is 0.0796. The first-order valence-electron chi connectivity index (χ1n) is 10.8. The van der Waals surface area contributed by atoms with Gasteiger partial charge >= 0.3 is 5.97 Å². The van der Waals surface area contributed by atoms with E-state index >= 15 is 4.39 Å². The van der Waals surface area contributed by atoms with Gasteiger partial charge in [0.05, 0.1) is 23.4 Å². The third-order valence-electron chi connectivity index (χ3n) is 5.91. The van der Waals surface area contributed by atoms with Crippen molar-refractivity contribution in [3.05, 3.63) is 77.1 Å². The Labute approximate surface area is 199 Å². The summed E-state index contributed by atoms with van der Waals surface area (Å²) in [5, 5.41) is 13.7. The molecule has 4 aromatic rings. The summed E-state index contributed by atoms with van der Waals surface area (Å²) in [5.41, 5.74) is 3.57. The van der Waals surface area contributed by atoms with Gasteiger partial charge in [-0.3, -0.25) is 14.5 Å². The van der Waals surface area contributed by atoms with Crippen LogP contribution in [-0.4, -0.2) is 40.8 Å². The maximum Gasteiger partial charge on any atom is 0.323 e. The highest BCUT2D eigenvalue weighted by Gasteiger charge is 2.31. The molecule has 0 unspecified atom stereocenters. The van der Waals surface area contributed by atoms with Gasteiger partial charge in [0.2, 0.25) is 5.82 Å². The Bertz CT molecular complexity index is 1470. The van der Waals surface area contributed by atoms with E-state index in [4.69, 9.17) is 9.26 Å². The molecule has 0 fully saturated rings. The number of carbonyl (C=O) groups excluding carboxylic acids is 1. The first-order chi connectivity index (χ1) is 16.9. The van der Waals surface area contributed by atoms with E-state index in [1.165, 1.54) is 19.2 Å². The number of amides is 1. The number of aromatic nitrogens is 2. The van der Waals surface area contributed by atoms with Crippen molar-refractivity contribution in [1.29, 1.82) is 0 Å². The van der Waals surface area contributed by atoms with Crippen molar-refractivity contribution < 1.29 is 28.3 Å². The van der Waals surface area contributed by atoms with E-state index in [9.17, 15) is 14.7 Å². The first-order valence-corrected chi connectivity index (χ1v) is 10.8. The maximum atomic E-state index is 15.0. The van der Waals surface area contributed by atoms with Gasteiger partial charge in [0, 0.05) is 18.2 Å². The van der Waals surface area contributed by atoms with E-state index in [0.29, 0.717) is 22.3 Å². The van der Waals surface area contributed by atoms with Crippen LogP contribution in [0.15, 0.2) is 59.1 Å². The number of methoxy groups -OCH3 is 1. The number of benzene rings is 3. The van der Waals surface area contributed by atoms with Crippen molar-refractivity contribution in [2.75, 3.05) is 18.6 Å². The average Bonchev–Trinajstić information content (AvgIpc) is 3.32. The normalized spacial score (nSPS) is 12.4. The summed E-state index contributed by atoms with van der Waals surface area (Å²) in [6, 6.07) is 15.3. The predicted octanol–water partition coefficient (Wildman–Crippen LogP) is 4.71. The summed E-state index contributed by atoms with van der Waals surface area (Å²) in [6.45, 7) is 1.14. The molecule has 9 heteroatoms. The Morgan fingerprint density at radius 1 is 1.11 bits per heavy atom. The number of carbonyl (C=O) groups is 2. The van der Waals surface area contributed by atoms with Crippen LogP contribution in [0.1, 0.15) is 21.5 Å². The molecule has 1 amide bonds. The van der Waals surface area contributed by atoms with Crippen molar-refractivity contribution in [2.45, 2.75) is 13.5 Å². The van der Waals surface area contributed by atoms with E-state index in [1.807, 2.05) is 36.4 Å². The quantitative estimate of drug-likeness (QED) is 0.447. The van der Waals surface area contributed by atoms with Gasteiger partial charge in [-0.05, 0) is 41.8 Å². The van der Waals surface area contributed by atoms with Crippen LogP contribution in [0.3, 0.4) is 0 Å². The molecule has 6 bridgehead atoms. The third-order valence-corrected chi connectivity index (χ3v) is 5.91. The fourth-order valence-electron chi connectivity index (χ4n) is 4.44. The molecule has 1 aromatic heterocycles.